The first-order valence-electron chi connectivity index (χ1n) is 9.91. The van der Waals surface area contributed by atoms with Crippen molar-refractivity contribution in [2.24, 2.45) is 0 Å². The SMILES string of the molecule is CCN(C(=O)COC(=O)c1cccc(S(=O)(=O)N2CCCC2)c1)C1CCS(=O)(=O)C1. The fourth-order valence-corrected chi connectivity index (χ4v) is 7.11. The van der Waals surface area contributed by atoms with Crippen LogP contribution in [-0.4, -0.2) is 81.7 Å². The third-order valence-electron chi connectivity index (χ3n) is 5.41. The van der Waals surface area contributed by atoms with Crippen LogP contribution in [0.5, 0.6) is 0 Å². The zero-order valence-electron chi connectivity index (χ0n) is 16.8. The van der Waals surface area contributed by atoms with E-state index in [9.17, 15) is 26.4 Å². The maximum absolute atomic E-state index is 12.7. The van der Waals surface area contributed by atoms with E-state index < -0.39 is 44.4 Å². The molecule has 2 aliphatic heterocycles. The molecular weight excluding hydrogens is 432 g/mol. The largest absolute Gasteiger partial charge is 0.452 e. The van der Waals surface area contributed by atoms with Gasteiger partial charge in [-0.3, -0.25) is 4.79 Å². The Kier molecular flexibility index (Phi) is 6.83. The average Bonchev–Trinajstić information content (AvgIpc) is 3.37. The minimum Gasteiger partial charge on any atom is -0.452 e. The van der Waals surface area contributed by atoms with Crippen molar-refractivity contribution in [1.82, 2.24) is 9.21 Å². The van der Waals surface area contributed by atoms with Gasteiger partial charge in [-0.25, -0.2) is 21.6 Å². The molecule has 2 fully saturated rings. The van der Waals surface area contributed by atoms with Crippen LogP contribution in [0.2, 0.25) is 0 Å². The van der Waals surface area contributed by atoms with E-state index in [4.69, 9.17) is 4.74 Å². The molecule has 1 atom stereocenters. The van der Waals surface area contributed by atoms with Crippen LogP contribution in [0.3, 0.4) is 0 Å². The van der Waals surface area contributed by atoms with Gasteiger partial charge in [0.05, 0.1) is 22.0 Å². The Hall–Kier alpha value is -1.98. The number of benzene rings is 1. The summed E-state index contributed by atoms with van der Waals surface area (Å²) in [7, 11) is -6.82. The number of nitrogens with zero attached hydrogens (tertiary/aromatic N) is 2. The number of amides is 1. The van der Waals surface area contributed by atoms with E-state index in [1.807, 2.05) is 0 Å². The van der Waals surface area contributed by atoms with Gasteiger partial charge in [-0.1, -0.05) is 6.07 Å². The number of hydrogen-bond acceptors (Lipinski definition) is 7. The van der Waals surface area contributed by atoms with Gasteiger partial charge in [0, 0.05) is 25.7 Å². The van der Waals surface area contributed by atoms with E-state index >= 15 is 0 Å². The summed E-state index contributed by atoms with van der Waals surface area (Å²) in [6.45, 7) is 2.41. The molecule has 1 amide bonds. The summed E-state index contributed by atoms with van der Waals surface area (Å²) in [5.41, 5.74) is 0.0366. The molecule has 0 aliphatic carbocycles. The normalized spacial score (nSPS) is 21.4. The molecular formula is C19H26N2O7S2. The summed E-state index contributed by atoms with van der Waals surface area (Å²) in [4.78, 5) is 26.3. The Morgan fingerprint density at radius 1 is 1.23 bits per heavy atom. The van der Waals surface area contributed by atoms with Crippen LogP contribution in [-0.2, 0) is 29.4 Å². The van der Waals surface area contributed by atoms with Gasteiger partial charge in [-0.15, -0.1) is 0 Å². The zero-order valence-corrected chi connectivity index (χ0v) is 18.5. The fourth-order valence-electron chi connectivity index (χ4n) is 3.81. The van der Waals surface area contributed by atoms with E-state index in [1.54, 1.807) is 6.92 Å². The molecule has 11 heteroatoms. The molecule has 2 heterocycles. The van der Waals surface area contributed by atoms with Gasteiger partial charge in [0.1, 0.15) is 0 Å². The molecule has 3 rings (SSSR count). The van der Waals surface area contributed by atoms with Crippen LogP contribution in [0.25, 0.3) is 0 Å². The molecule has 1 unspecified atom stereocenters. The van der Waals surface area contributed by atoms with E-state index in [2.05, 4.69) is 0 Å². The topological polar surface area (TPSA) is 118 Å². The van der Waals surface area contributed by atoms with Crippen LogP contribution in [0, 0.1) is 0 Å². The van der Waals surface area contributed by atoms with E-state index in [0.717, 1.165) is 12.8 Å². The van der Waals surface area contributed by atoms with Crippen LogP contribution < -0.4 is 0 Å². The Bertz CT molecular complexity index is 1020. The lowest BCUT2D eigenvalue weighted by Crippen LogP contribution is -2.43. The van der Waals surface area contributed by atoms with Crippen molar-refractivity contribution in [2.75, 3.05) is 37.7 Å². The van der Waals surface area contributed by atoms with Crippen molar-refractivity contribution in [3.05, 3.63) is 29.8 Å². The summed E-state index contributed by atoms with van der Waals surface area (Å²) < 4.78 is 55.1. The van der Waals surface area contributed by atoms with Crippen LogP contribution in [0.1, 0.15) is 36.5 Å². The molecule has 166 valence electrons. The minimum absolute atomic E-state index is 0.0107. The average molecular weight is 459 g/mol. The van der Waals surface area contributed by atoms with Crippen LogP contribution in [0.15, 0.2) is 29.2 Å². The van der Waals surface area contributed by atoms with Gasteiger partial charge in [0.15, 0.2) is 16.4 Å². The molecule has 9 nitrogen and oxygen atoms in total. The number of likely N-dealkylation sites (N-methyl/N-ethyl adjacent to an activating group) is 1. The van der Waals surface area contributed by atoms with Gasteiger partial charge < -0.3 is 9.64 Å². The van der Waals surface area contributed by atoms with Gasteiger partial charge in [0.25, 0.3) is 5.91 Å². The molecule has 0 radical (unpaired) electrons. The van der Waals surface area contributed by atoms with Gasteiger partial charge in [-0.05, 0) is 44.4 Å². The van der Waals surface area contributed by atoms with Crippen molar-refractivity contribution in [3.8, 4) is 0 Å². The van der Waals surface area contributed by atoms with E-state index in [-0.39, 0.29) is 22.0 Å². The summed E-state index contributed by atoms with van der Waals surface area (Å²) in [6, 6.07) is 5.15. The number of esters is 1. The lowest BCUT2D eigenvalue weighted by molar-refractivity contribution is -0.136. The predicted octanol–water partition coefficient (Wildman–Crippen LogP) is 0.664. The molecule has 30 heavy (non-hydrogen) atoms. The standard InChI is InChI=1S/C19H26N2O7S2/c1-2-21(16-8-11-29(24,25)14-16)18(22)13-28-19(23)15-6-5-7-17(12-15)30(26,27)20-9-3-4-10-20/h5-7,12,16H,2-4,8-11,13-14H2,1H3. The molecule has 0 spiro atoms. The molecule has 1 aromatic carbocycles. The number of sulfone groups is 1. The highest BCUT2D eigenvalue weighted by atomic mass is 32.2. The van der Waals surface area contributed by atoms with E-state index in [1.165, 1.54) is 33.5 Å². The van der Waals surface area contributed by atoms with Crippen molar-refractivity contribution < 1.29 is 31.2 Å². The summed E-state index contributed by atoms with van der Waals surface area (Å²) in [6.07, 6.45) is 1.98. The molecule has 0 aromatic heterocycles. The van der Waals surface area contributed by atoms with Gasteiger partial charge >= 0.3 is 5.97 Å². The number of carbonyl (C=O) groups is 2. The van der Waals surface area contributed by atoms with Gasteiger partial charge in [-0.2, -0.15) is 4.31 Å². The minimum atomic E-state index is -3.67. The summed E-state index contributed by atoms with van der Waals surface area (Å²) >= 11 is 0. The van der Waals surface area contributed by atoms with Crippen molar-refractivity contribution in [1.29, 1.82) is 0 Å². The second-order valence-corrected chi connectivity index (χ2v) is 11.6. The Labute approximate surface area is 177 Å². The number of rotatable bonds is 7. The van der Waals surface area contributed by atoms with E-state index in [0.29, 0.717) is 26.1 Å². The molecule has 0 saturated carbocycles. The third kappa shape index (κ3) is 5.01. The Morgan fingerprint density at radius 3 is 2.53 bits per heavy atom. The molecule has 2 aliphatic rings. The highest BCUT2D eigenvalue weighted by molar-refractivity contribution is 7.91. The second-order valence-electron chi connectivity index (χ2n) is 7.45. The first-order valence-corrected chi connectivity index (χ1v) is 13.2. The van der Waals surface area contributed by atoms with Crippen molar-refractivity contribution >= 4 is 31.7 Å². The zero-order chi connectivity index (χ0) is 21.9. The quantitative estimate of drug-likeness (QED) is 0.551. The summed E-state index contributed by atoms with van der Waals surface area (Å²) in [5, 5.41) is 0. The maximum Gasteiger partial charge on any atom is 0.338 e. The number of hydrogen-bond donors (Lipinski definition) is 0. The fraction of sp³-hybridized carbons (Fsp3) is 0.579. The lowest BCUT2D eigenvalue weighted by atomic mass is 10.2. The molecule has 1 aromatic rings. The van der Waals surface area contributed by atoms with Crippen molar-refractivity contribution in [3.63, 3.8) is 0 Å². The van der Waals surface area contributed by atoms with Crippen LogP contribution in [0.4, 0.5) is 0 Å². The highest BCUT2D eigenvalue weighted by Gasteiger charge is 2.34. The number of ether oxygens (including phenoxy) is 1. The number of sulfonamides is 1. The third-order valence-corrected chi connectivity index (χ3v) is 9.05. The Balaban J connectivity index is 1.64. The monoisotopic (exact) mass is 458 g/mol. The van der Waals surface area contributed by atoms with Gasteiger partial charge in [0.2, 0.25) is 10.0 Å². The predicted molar refractivity (Wildman–Crippen MR) is 109 cm³/mol. The number of carbonyl (C=O) groups excluding carboxylic acids is 2. The molecule has 0 N–H and O–H groups in total. The highest BCUT2D eigenvalue weighted by Crippen LogP contribution is 2.22. The Morgan fingerprint density at radius 2 is 1.93 bits per heavy atom. The van der Waals surface area contributed by atoms with Crippen LogP contribution >= 0.6 is 0 Å². The first kappa shape index (κ1) is 22.7. The second kappa shape index (κ2) is 9.03. The molecule has 0 bridgehead atoms. The summed E-state index contributed by atoms with van der Waals surface area (Å²) in [5.74, 6) is -1.33. The maximum atomic E-state index is 12.7. The first-order chi connectivity index (χ1) is 14.1. The van der Waals surface area contributed by atoms with Crippen molar-refractivity contribution in [2.45, 2.75) is 37.1 Å². The molecule has 2 saturated heterocycles. The smallest absolute Gasteiger partial charge is 0.338 e. The lowest BCUT2D eigenvalue weighted by Gasteiger charge is -2.26.